The van der Waals surface area contributed by atoms with E-state index < -0.39 is 0 Å². The maximum absolute atomic E-state index is 12.7. The molecule has 0 bridgehead atoms. The van der Waals surface area contributed by atoms with E-state index in [0.717, 1.165) is 33.8 Å². The summed E-state index contributed by atoms with van der Waals surface area (Å²) < 4.78 is 0. The summed E-state index contributed by atoms with van der Waals surface area (Å²) in [6, 6.07) is 7.61. The summed E-state index contributed by atoms with van der Waals surface area (Å²) in [6.45, 7) is 7.11. The number of anilines is 1. The molecule has 7 nitrogen and oxygen atoms in total. The number of fused-ring (bicyclic) bond motifs is 1. The first-order chi connectivity index (χ1) is 15.3. The van der Waals surface area contributed by atoms with E-state index in [-0.39, 0.29) is 22.6 Å². The van der Waals surface area contributed by atoms with Crippen molar-refractivity contribution in [3.8, 4) is 0 Å². The first-order valence-electron chi connectivity index (χ1n) is 10.6. The lowest BCUT2D eigenvalue weighted by atomic mass is 10.2. The van der Waals surface area contributed by atoms with Crippen molar-refractivity contribution in [1.82, 2.24) is 14.9 Å². The molecule has 9 heteroatoms. The van der Waals surface area contributed by atoms with Gasteiger partial charge in [-0.15, -0.1) is 23.1 Å². The second kappa shape index (κ2) is 9.46. The molecule has 32 heavy (non-hydrogen) atoms. The van der Waals surface area contributed by atoms with Gasteiger partial charge in [0.1, 0.15) is 10.7 Å². The van der Waals surface area contributed by atoms with Gasteiger partial charge in [0.2, 0.25) is 11.8 Å². The predicted molar refractivity (Wildman–Crippen MR) is 130 cm³/mol. The van der Waals surface area contributed by atoms with Gasteiger partial charge in [-0.1, -0.05) is 12.1 Å². The van der Waals surface area contributed by atoms with E-state index in [0.29, 0.717) is 35.6 Å². The third kappa shape index (κ3) is 4.88. The molecule has 1 fully saturated rings. The van der Waals surface area contributed by atoms with Gasteiger partial charge in [-0.25, -0.2) is 4.98 Å². The zero-order valence-corrected chi connectivity index (χ0v) is 20.0. The van der Waals surface area contributed by atoms with Crippen LogP contribution in [0.2, 0.25) is 0 Å². The van der Waals surface area contributed by atoms with Gasteiger partial charge in [0, 0.05) is 30.1 Å². The van der Waals surface area contributed by atoms with Crippen LogP contribution in [0.3, 0.4) is 0 Å². The van der Waals surface area contributed by atoms with Gasteiger partial charge in [-0.2, -0.15) is 0 Å². The molecular formula is C23H26N4O3S2. The second-order valence-electron chi connectivity index (χ2n) is 8.04. The Morgan fingerprint density at radius 2 is 2.16 bits per heavy atom. The lowest BCUT2D eigenvalue weighted by Crippen LogP contribution is -2.24. The Hall–Kier alpha value is -2.65. The first kappa shape index (κ1) is 22.5. The summed E-state index contributed by atoms with van der Waals surface area (Å²) in [5.41, 5.74) is 2.55. The maximum Gasteiger partial charge on any atom is 0.259 e. The molecular weight excluding hydrogens is 444 g/mol. The van der Waals surface area contributed by atoms with E-state index in [2.05, 4.69) is 15.3 Å². The molecule has 4 rings (SSSR count). The van der Waals surface area contributed by atoms with Gasteiger partial charge in [-0.05, 0) is 50.5 Å². The highest BCUT2D eigenvalue weighted by atomic mass is 32.2. The minimum Gasteiger partial charge on any atom is -0.338 e. The number of hydrogen-bond donors (Lipinski definition) is 2. The molecule has 1 aliphatic heterocycles. The Balaban J connectivity index is 1.36. The molecule has 3 aromatic rings. The number of H-pyrrole nitrogens is 1. The minimum absolute atomic E-state index is 0.115. The number of aromatic nitrogens is 2. The number of nitrogens with zero attached hydrogens (tertiary/aromatic N) is 2. The maximum atomic E-state index is 12.7. The summed E-state index contributed by atoms with van der Waals surface area (Å²) in [5, 5.41) is 3.28. The third-order valence-electron chi connectivity index (χ3n) is 5.67. The van der Waals surface area contributed by atoms with E-state index in [9.17, 15) is 14.4 Å². The van der Waals surface area contributed by atoms with Crippen LogP contribution in [-0.4, -0.2) is 38.5 Å². The van der Waals surface area contributed by atoms with Gasteiger partial charge in [0.25, 0.3) is 5.56 Å². The van der Waals surface area contributed by atoms with Crippen molar-refractivity contribution in [2.24, 2.45) is 0 Å². The molecule has 0 saturated carbocycles. The number of aryl methyl sites for hydroxylation is 2. The van der Waals surface area contributed by atoms with Crippen molar-refractivity contribution in [2.75, 3.05) is 11.9 Å². The normalized spacial score (nSPS) is 14.8. The fourth-order valence-corrected chi connectivity index (χ4v) is 5.53. The van der Waals surface area contributed by atoms with E-state index in [1.54, 1.807) is 0 Å². The monoisotopic (exact) mass is 470 g/mol. The number of thiophene rings is 1. The Kier molecular flexibility index (Phi) is 6.66. The number of carbonyl (C=O) groups is 2. The summed E-state index contributed by atoms with van der Waals surface area (Å²) in [6.07, 6.45) is 1.52. The Bertz CT molecular complexity index is 1230. The van der Waals surface area contributed by atoms with Gasteiger partial charge in [-0.3, -0.25) is 14.4 Å². The van der Waals surface area contributed by atoms with Crippen LogP contribution in [0.1, 0.15) is 41.6 Å². The van der Waals surface area contributed by atoms with Crippen LogP contribution in [-0.2, 0) is 21.9 Å². The lowest BCUT2D eigenvalue weighted by Gasteiger charge is -2.17. The van der Waals surface area contributed by atoms with Gasteiger partial charge >= 0.3 is 0 Å². The average Bonchev–Trinajstić information content (AvgIpc) is 3.28. The molecule has 2 N–H and O–H groups in total. The molecule has 2 aromatic heterocycles. The standard InChI is InChI=1S/C23H26N4O3S2/c1-13-14(2)32-23-20(13)22(30)25-18(26-23)12-31-15(3)21(29)24-17-7-4-6-16(10-17)11-27-9-5-8-19(27)28/h4,6-7,10,15H,5,8-9,11-12H2,1-3H3,(H,24,29)(H,25,26,30). The summed E-state index contributed by atoms with van der Waals surface area (Å²) in [5.74, 6) is 1.08. The van der Waals surface area contributed by atoms with Gasteiger partial charge in [0.15, 0.2) is 0 Å². The van der Waals surface area contributed by atoms with Crippen LogP contribution in [0.15, 0.2) is 29.1 Å². The van der Waals surface area contributed by atoms with Crippen molar-refractivity contribution in [3.05, 3.63) is 56.4 Å². The molecule has 1 atom stereocenters. The topological polar surface area (TPSA) is 95.2 Å². The lowest BCUT2D eigenvalue weighted by molar-refractivity contribution is -0.128. The number of thioether (sulfide) groups is 1. The number of likely N-dealkylation sites (tertiary alicyclic amines) is 1. The number of hydrogen-bond acceptors (Lipinski definition) is 6. The van der Waals surface area contributed by atoms with Crippen LogP contribution in [0, 0.1) is 13.8 Å². The van der Waals surface area contributed by atoms with Crippen LogP contribution in [0.5, 0.6) is 0 Å². The van der Waals surface area contributed by atoms with E-state index >= 15 is 0 Å². The summed E-state index contributed by atoms with van der Waals surface area (Å²) >= 11 is 2.94. The summed E-state index contributed by atoms with van der Waals surface area (Å²) in [7, 11) is 0. The molecule has 2 amide bonds. The van der Waals surface area contributed by atoms with Crippen molar-refractivity contribution in [1.29, 1.82) is 0 Å². The molecule has 1 unspecified atom stereocenters. The number of rotatable bonds is 7. The minimum atomic E-state index is -0.327. The molecule has 0 radical (unpaired) electrons. The van der Waals surface area contributed by atoms with Crippen molar-refractivity contribution < 1.29 is 9.59 Å². The predicted octanol–water partition coefficient (Wildman–Crippen LogP) is 3.98. The third-order valence-corrected chi connectivity index (χ3v) is 7.92. The Labute approximate surface area is 194 Å². The van der Waals surface area contributed by atoms with Crippen LogP contribution >= 0.6 is 23.1 Å². The highest BCUT2D eigenvalue weighted by molar-refractivity contribution is 7.99. The molecule has 1 saturated heterocycles. The molecule has 0 spiro atoms. The molecule has 0 aliphatic carbocycles. The SMILES string of the molecule is Cc1sc2nc(CSC(C)C(=O)Nc3cccc(CN4CCCC4=O)c3)[nH]c(=O)c2c1C. The number of carbonyl (C=O) groups excluding carboxylic acids is 2. The number of nitrogens with one attached hydrogen (secondary N) is 2. The van der Waals surface area contributed by atoms with E-state index in [1.807, 2.05) is 49.9 Å². The molecule has 1 aliphatic rings. The van der Waals surface area contributed by atoms with Crippen LogP contribution < -0.4 is 10.9 Å². The zero-order valence-electron chi connectivity index (χ0n) is 18.4. The van der Waals surface area contributed by atoms with Crippen molar-refractivity contribution in [2.45, 2.75) is 51.2 Å². The van der Waals surface area contributed by atoms with Crippen molar-refractivity contribution in [3.63, 3.8) is 0 Å². The van der Waals surface area contributed by atoms with Gasteiger partial charge in [0.05, 0.1) is 16.4 Å². The number of aromatic amines is 1. The van der Waals surface area contributed by atoms with Crippen LogP contribution in [0.4, 0.5) is 5.69 Å². The number of amides is 2. The highest BCUT2D eigenvalue weighted by Gasteiger charge is 2.20. The molecule has 1 aromatic carbocycles. The first-order valence-corrected chi connectivity index (χ1v) is 12.5. The zero-order chi connectivity index (χ0) is 22.8. The summed E-state index contributed by atoms with van der Waals surface area (Å²) in [4.78, 5) is 48.1. The Morgan fingerprint density at radius 3 is 2.91 bits per heavy atom. The fraction of sp³-hybridized carbons (Fsp3) is 0.391. The largest absolute Gasteiger partial charge is 0.338 e. The molecule has 168 valence electrons. The fourth-order valence-electron chi connectivity index (χ4n) is 3.73. The highest BCUT2D eigenvalue weighted by Crippen LogP contribution is 2.27. The average molecular weight is 471 g/mol. The smallest absolute Gasteiger partial charge is 0.259 e. The van der Waals surface area contributed by atoms with E-state index in [4.69, 9.17) is 0 Å². The second-order valence-corrected chi connectivity index (χ2v) is 10.6. The van der Waals surface area contributed by atoms with Crippen molar-refractivity contribution >= 4 is 50.8 Å². The Morgan fingerprint density at radius 1 is 1.34 bits per heavy atom. The quantitative estimate of drug-likeness (QED) is 0.545. The number of benzene rings is 1. The van der Waals surface area contributed by atoms with E-state index in [1.165, 1.54) is 23.1 Å². The van der Waals surface area contributed by atoms with Gasteiger partial charge < -0.3 is 15.2 Å². The van der Waals surface area contributed by atoms with Crippen LogP contribution in [0.25, 0.3) is 10.2 Å². The molecule has 3 heterocycles.